The molecule has 2 aromatic heterocycles. The molecule has 2 amide bonds. The lowest BCUT2D eigenvalue weighted by Gasteiger charge is -2.14. The summed E-state index contributed by atoms with van der Waals surface area (Å²) >= 11 is 7.58. The van der Waals surface area contributed by atoms with Gasteiger partial charge in [-0.05, 0) is 54.9 Å². The number of hydrogen-bond acceptors (Lipinski definition) is 8. The molecule has 0 bridgehead atoms. The van der Waals surface area contributed by atoms with E-state index in [0.717, 1.165) is 16.8 Å². The minimum absolute atomic E-state index is 0.222. The zero-order valence-corrected chi connectivity index (χ0v) is 19.1. The Bertz CT molecular complexity index is 1230. The van der Waals surface area contributed by atoms with Gasteiger partial charge in [0.15, 0.2) is 4.32 Å². The molecule has 0 aliphatic carbocycles. The molecular weight excluding hydrogens is 468 g/mol. The van der Waals surface area contributed by atoms with Crippen LogP contribution in [-0.2, 0) is 9.53 Å². The van der Waals surface area contributed by atoms with Crippen molar-refractivity contribution >= 4 is 63.5 Å². The van der Waals surface area contributed by atoms with E-state index in [1.165, 1.54) is 11.3 Å². The van der Waals surface area contributed by atoms with Crippen LogP contribution >= 0.6 is 35.3 Å². The van der Waals surface area contributed by atoms with Crippen LogP contribution in [-0.4, -0.2) is 33.7 Å². The van der Waals surface area contributed by atoms with Gasteiger partial charge < -0.3 is 9.15 Å². The lowest BCUT2D eigenvalue weighted by Crippen LogP contribution is -2.44. The average Bonchev–Trinajstić information content (AvgIpc) is 3.53. The van der Waals surface area contributed by atoms with Crippen LogP contribution in [0.2, 0.25) is 0 Å². The first kappa shape index (κ1) is 22.0. The second kappa shape index (κ2) is 9.51. The predicted octanol–water partition coefficient (Wildman–Crippen LogP) is 4.73. The van der Waals surface area contributed by atoms with Crippen molar-refractivity contribution in [1.82, 2.24) is 10.4 Å². The fraction of sp³-hybridized carbons (Fsp3) is 0.0909. The minimum atomic E-state index is -0.438. The molecule has 1 aromatic carbocycles. The van der Waals surface area contributed by atoms with Crippen molar-refractivity contribution in [2.45, 2.75) is 6.92 Å². The fourth-order valence-electron chi connectivity index (χ4n) is 2.86. The van der Waals surface area contributed by atoms with Gasteiger partial charge in [0.25, 0.3) is 11.8 Å². The minimum Gasteiger partial charge on any atom is -0.462 e. The predicted molar refractivity (Wildman–Crippen MR) is 127 cm³/mol. The van der Waals surface area contributed by atoms with E-state index in [0.29, 0.717) is 39.0 Å². The van der Waals surface area contributed by atoms with Crippen molar-refractivity contribution in [2.24, 2.45) is 0 Å². The molecule has 0 radical (unpaired) electrons. The number of carbonyl (C=O) groups is 3. The maximum atomic E-state index is 12.7. The highest BCUT2D eigenvalue weighted by Gasteiger charge is 2.34. The number of amides is 2. The van der Waals surface area contributed by atoms with Crippen LogP contribution in [0.15, 0.2) is 63.2 Å². The van der Waals surface area contributed by atoms with Gasteiger partial charge in [0.1, 0.15) is 11.5 Å². The first-order valence-corrected chi connectivity index (χ1v) is 11.6. The Balaban J connectivity index is 1.50. The van der Waals surface area contributed by atoms with Gasteiger partial charge in [-0.2, -0.15) is 5.01 Å². The van der Waals surface area contributed by atoms with E-state index < -0.39 is 17.8 Å². The number of thioether (sulfide) groups is 1. The highest BCUT2D eigenvalue weighted by Crippen LogP contribution is 2.33. The molecule has 0 atom stereocenters. The molecular formula is C22H16N2O5S3. The molecule has 0 unspecified atom stereocenters. The van der Waals surface area contributed by atoms with Crippen LogP contribution in [0.1, 0.15) is 32.7 Å². The zero-order chi connectivity index (χ0) is 22.7. The highest BCUT2D eigenvalue weighted by molar-refractivity contribution is 8.26. The summed E-state index contributed by atoms with van der Waals surface area (Å²) in [7, 11) is 0. The summed E-state index contributed by atoms with van der Waals surface area (Å²) in [6.45, 7) is 2.04. The van der Waals surface area contributed by atoms with E-state index in [1.807, 2.05) is 6.07 Å². The summed E-state index contributed by atoms with van der Waals surface area (Å²) in [6, 6.07) is 13.8. The van der Waals surface area contributed by atoms with E-state index >= 15 is 0 Å². The van der Waals surface area contributed by atoms with E-state index in [2.05, 4.69) is 5.43 Å². The number of rotatable bonds is 6. The Morgan fingerprint density at radius 2 is 2.06 bits per heavy atom. The third kappa shape index (κ3) is 4.67. The van der Waals surface area contributed by atoms with Crippen LogP contribution in [0.25, 0.3) is 17.4 Å². The number of hydrazine groups is 1. The van der Waals surface area contributed by atoms with Gasteiger partial charge in [0.05, 0.1) is 22.0 Å². The Kier molecular flexibility index (Phi) is 6.54. The molecule has 1 fully saturated rings. The zero-order valence-electron chi connectivity index (χ0n) is 16.7. The Morgan fingerprint density at radius 1 is 1.22 bits per heavy atom. The normalized spacial score (nSPS) is 14.8. The second-order valence-electron chi connectivity index (χ2n) is 6.44. The summed E-state index contributed by atoms with van der Waals surface area (Å²) in [5.41, 5.74) is 3.65. The quantitative estimate of drug-likeness (QED) is 0.307. The standard InChI is InChI=1S/C22H16N2O5S3/c1-2-28-21(27)14-6-3-5-13(11-14)16-9-8-15(29-16)12-18-20(26)24(22(30)32-18)23-19(25)17-7-4-10-31-17/h3-12H,2H2,1H3,(H,23,25)/b18-12+. The van der Waals surface area contributed by atoms with Crippen LogP contribution in [0.3, 0.4) is 0 Å². The molecule has 1 aliphatic rings. The molecule has 0 saturated carbocycles. The molecule has 7 nitrogen and oxygen atoms in total. The second-order valence-corrected chi connectivity index (χ2v) is 9.06. The van der Waals surface area contributed by atoms with Gasteiger partial charge in [0, 0.05) is 11.6 Å². The van der Waals surface area contributed by atoms with Crippen molar-refractivity contribution in [3.05, 3.63) is 75.0 Å². The fourth-order valence-corrected chi connectivity index (χ4v) is 4.63. The number of benzene rings is 1. The maximum absolute atomic E-state index is 12.7. The van der Waals surface area contributed by atoms with Crippen molar-refractivity contribution in [1.29, 1.82) is 0 Å². The van der Waals surface area contributed by atoms with Crippen LogP contribution < -0.4 is 5.43 Å². The largest absolute Gasteiger partial charge is 0.462 e. The van der Waals surface area contributed by atoms with Crippen molar-refractivity contribution < 1.29 is 23.5 Å². The third-order valence-electron chi connectivity index (χ3n) is 4.31. The number of nitrogens with one attached hydrogen (secondary N) is 1. The maximum Gasteiger partial charge on any atom is 0.338 e. The van der Waals surface area contributed by atoms with Gasteiger partial charge in [0.2, 0.25) is 0 Å². The first-order chi connectivity index (χ1) is 15.5. The van der Waals surface area contributed by atoms with Crippen LogP contribution in [0.5, 0.6) is 0 Å². The van der Waals surface area contributed by atoms with Gasteiger partial charge >= 0.3 is 5.97 Å². The Hall–Kier alpha value is -3.21. The summed E-state index contributed by atoms with van der Waals surface area (Å²) in [4.78, 5) is 37.8. The van der Waals surface area contributed by atoms with E-state index in [-0.39, 0.29) is 4.32 Å². The number of esters is 1. The number of furan rings is 1. The number of thiophene rings is 1. The molecule has 4 rings (SSSR count). The van der Waals surface area contributed by atoms with Crippen molar-refractivity contribution in [3.8, 4) is 11.3 Å². The number of ether oxygens (including phenoxy) is 1. The smallest absolute Gasteiger partial charge is 0.338 e. The third-order valence-corrected chi connectivity index (χ3v) is 6.48. The molecule has 10 heteroatoms. The van der Waals surface area contributed by atoms with E-state index in [1.54, 1.807) is 60.8 Å². The van der Waals surface area contributed by atoms with E-state index in [4.69, 9.17) is 21.4 Å². The number of carbonyl (C=O) groups excluding carboxylic acids is 3. The van der Waals surface area contributed by atoms with Crippen molar-refractivity contribution in [2.75, 3.05) is 6.61 Å². The average molecular weight is 485 g/mol. The molecule has 1 aliphatic heterocycles. The van der Waals surface area contributed by atoms with Gasteiger partial charge in [-0.15, -0.1) is 11.3 Å². The molecule has 162 valence electrons. The number of hydrogen-bond donors (Lipinski definition) is 1. The van der Waals surface area contributed by atoms with Crippen LogP contribution in [0, 0.1) is 0 Å². The van der Waals surface area contributed by atoms with Gasteiger partial charge in [-0.25, -0.2) is 4.79 Å². The Morgan fingerprint density at radius 3 is 2.81 bits per heavy atom. The topological polar surface area (TPSA) is 88.9 Å². The van der Waals surface area contributed by atoms with Crippen molar-refractivity contribution in [3.63, 3.8) is 0 Å². The molecule has 1 saturated heterocycles. The first-order valence-electron chi connectivity index (χ1n) is 9.46. The molecule has 32 heavy (non-hydrogen) atoms. The summed E-state index contributed by atoms with van der Waals surface area (Å²) in [5, 5.41) is 2.83. The van der Waals surface area contributed by atoms with Crippen LogP contribution in [0.4, 0.5) is 0 Å². The molecule has 1 N–H and O–H groups in total. The monoisotopic (exact) mass is 484 g/mol. The summed E-state index contributed by atoms with van der Waals surface area (Å²) in [5.74, 6) is -0.281. The molecule has 3 aromatic rings. The van der Waals surface area contributed by atoms with Gasteiger partial charge in [-0.3, -0.25) is 15.0 Å². The summed E-state index contributed by atoms with van der Waals surface area (Å²) < 4.78 is 11.1. The van der Waals surface area contributed by atoms with Gasteiger partial charge in [-0.1, -0.05) is 30.0 Å². The van der Waals surface area contributed by atoms with E-state index in [9.17, 15) is 14.4 Å². The molecule has 0 spiro atoms. The Labute approximate surface area is 197 Å². The summed E-state index contributed by atoms with van der Waals surface area (Å²) in [6.07, 6.45) is 1.56. The lowest BCUT2D eigenvalue weighted by atomic mass is 10.1. The molecule has 3 heterocycles. The number of thiocarbonyl (C=S) groups is 1. The lowest BCUT2D eigenvalue weighted by molar-refractivity contribution is -0.123. The number of nitrogens with zero attached hydrogens (tertiary/aromatic N) is 1. The highest BCUT2D eigenvalue weighted by atomic mass is 32.2. The SMILES string of the molecule is CCOC(=O)c1cccc(-c2ccc(/C=C3/SC(=S)N(NC(=O)c4cccs4)C3=O)o2)c1.